The molecule has 7 nitrogen and oxygen atoms in total. The SMILES string of the molecule is Cn1ccc([C@@H](c2ccccc2)C2CCN(C(=O)c3ccc4c(c3)NC(=O)CO4)CC2)cc1=O. The molecule has 5 rings (SSSR count). The molecule has 0 saturated carbocycles. The Morgan fingerprint density at radius 1 is 1.00 bits per heavy atom. The van der Waals surface area contributed by atoms with Gasteiger partial charge in [-0.25, -0.2) is 0 Å². The van der Waals surface area contributed by atoms with Crippen LogP contribution in [0.5, 0.6) is 5.75 Å². The summed E-state index contributed by atoms with van der Waals surface area (Å²) >= 11 is 0. The third-order valence-electron chi connectivity index (χ3n) is 6.80. The molecule has 2 aliphatic heterocycles. The van der Waals surface area contributed by atoms with Crippen molar-refractivity contribution in [2.45, 2.75) is 18.8 Å². The van der Waals surface area contributed by atoms with E-state index in [4.69, 9.17) is 4.74 Å². The Bertz CT molecular complexity index is 1280. The molecule has 3 aromatic rings. The zero-order chi connectivity index (χ0) is 23.7. The summed E-state index contributed by atoms with van der Waals surface area (Å²) in [5.41, 5.74) is 3.26. The second-order valence-electron chi connectivity index (χ2n) is 8.97. The van der Waals surface area contributed by atoms with E-state index in [0.717, 1.165) is 18.4 Å². The molecule has 1 fully saturated rings. The van der Waals surface area contributed by atoms with Crippen molar-refractivity contribution < 1.29 is 14.3 Å². The van der Waals surface area contributed by atoms with Crippen LogP contribution in [0.15, 0.2) is 71.7 Å². The molecule has 2 aliphatic rings. The van der Waals surface area contributed by atoms with E-state index in [1.807, 2.05) is 35.4 Å². The van der Waals surface area contributed by atoms with Crippen LogP contribution in [-0.2, 0) is 11.8 Å². The molecule has 0 bridgehead atoms. The summed E-state index contributed by atoms with van der Waals surface area (Å²) in [5, 5.41) is 2.76. The first-order chi connectivity index (χ1) is 16.5. The topological polar surface area (TPSA) is 80.6 Å². The summed E-state index contributed by atoms with van der Waals surface area (Å²) in [6.07, 6.45) is 3.50. The third-order valence-corrected chi connectivity index (χ3v) is 6.80. The summed E-state index contributed by atoms with van der Waals surface area (Å²) in [7, 11) is 1.76. The van der Waals surface area contributed by atoms with Gasteiger partial charge in [-0.05, 0) is 54.2 Å². The van der Waals surface area contributed by atoms with Crippen LogP contribution in [0.2, 0.25) is 0 Å². The van der Waals surface area contributed by atoms with Gasteiger partial charge in [0.25, 0.3) is 17.4 Å². The normalized spacial score (nSPS) is 16.9. The molecular formula is C27H27N3O4. The maximum Gasteiger partial charge on any atom is 0.262 e. The number of hydrogen-bond donors (Lipinski definition) is 1. The van der Waals surface area contributed by atoms with Crippen LogP contribution in [0.25, 0.3) is 0 Å². The second-order valence-corrected chi connectivity index (χ2v) is 8.97. The molecule has 1 saturated heterocycles. The monoisotopic (exact) mass is 457 g/mol. The van der Waals surface area contributed by atoms with Gasteiger partial charge in [0, 0.05) is 43.9 Å². The fraction of sp³-hybridized carbons (Fsp3) is 0.296. The Morgan fingerprint density at radius 2 is 1.76 bits per heavy atom. The minimum atomic E-state index is -0.222. The zero-order valence-electron chi connectivity index (χ0n) is 19.1. The Kier molecular flexibility index (Phi) is 5.92. The van der Waals surface area contributed by atoms with Crippen molar-refractivity contribution >= 4 is 17.5 Å². The summed E-state index contributed by atoms with van der Waals surface area (Å²) in [4.78, 5) is 39.0. The number of piperidine rings is 1. The van der Waals surface area contributed by atoms with Crippen LogP contribution in [0.3, 0.4) is 0 Å². The van der Waals surface area contributed by atoms with Crippen LogP contribution in [0, 0.1) is 5.92 Å². The highest BCUT2D eigenvalue weighted by Crippen LogP contribution is 2.38. The van der Waals surface area contributed by atoms with E-state index < -0.39 is 0 Å². The molecule has 0 spiro atoms. The number of pyridine rings is 1. The summed E-state index contributed by atoms with van der Waals surface area (Å²) in [6, 6.07) is 19.2. The molecule has 3 heterocycles. The molecule has 34 heavy (non-hydrogen) atoms. The van der Waals surface area contributed by atoms with Crippen molar-refractivity contribution in [3.63, 3.8) is 0 Å². The van der Waals surface area contributed by atoms with Gasteiger partial charge in [-0.1, -0.05) is 30.3 Å². The number of fused-ring (bicyclic) bond motifs is 1. The highest BCUT2D eigenvalue weighted by Gasteiger charge is 2.31. The van der Waals surface area contributed by atoms with Crippen molar-refractivity contribution in [3.8, 4) is 5.75 Å². The highest BCUT2D eigenvalue weighted by molar-refractivity contribution is 5.99. The number of rotatable bonds is 4. The lowest BCUT2D eigenvalue weighted by Gasteiger charge is -2.37. The molecule has 7 heteroatoms. The largest absolute Gasteiger partial charge is 0.482 e. The number of benzene rings is 2. The number of aryl methyl sites for hydroxylation is 1. The quantitative estimate of drug-likeness (QED) is 0.651. The summed E-state index contributed by atoms with van der Waals surface area (Å²) in [5.74, 6) is 0.722. The van der Waals surface area contributed by atoms with Crippen LogP contribution in [0.4, 0.5) is 5.69 Å². The second kappa shape index (κ2) is 9.17. The molecule has 2 amide bonds. The number of nitrogens with zero attached hydrogens (tertiary/aromatic N) is 2. The Morgan fingerprint density at radius 3 is 2.50 bits per heavy atom. The first-order valence-corrected chi connectivity index (χ1v) is 11.6. The fourth-order valence-electron chi connectivity index (χ4n) is 4.99. The highest BCUT2D eigenvalue weighted by atomic mass is 16.5. The van der Waals surface area contributed by atoms with Crippen LogP contribution in [-0.4, -0.2) is 41.0 Å². The molecule has 2 aromatic carbocycles. The zero-order valence-corrected chi connectivity index (χ0v) is 19.1. The minimum absolute atomic E-state index is 0.0100. The van der Waals surface area contributed by atoms with Gasteiger partial charge < -0.3 is 19.5 Å². The predicted molar refractivity (Wildman–Crippen MR) is 129 cm³/mol. The van der Waals surface area contributed by atoms with Crippen molar-refractivity contribution in [2.24, 2.45) is 13.0 Å². The van der Waals surface area contributed by atoms with Crippen LogP contribution >= 0.6 is 0 Å². The van der Waals surface area contributed by atoms with Gasteiger partial charge in [0.2, 0.25) is 0 Å². The van der Waals surface area contributed by atoms with Gasteiger partial charge in [0.15, 0.2) is 6.61 Å². The van der Waals surface area contributed by atoms with Gasteiger partial charge in [-0.2, -0.15) is 0 Å². The smallest absolute Gasteiger partial charge is 0.262 e. The number of carbonyl (C=O) groups is 2. The standard InChI is InChI=1S/C27H27N3O4/c1-29-12-9-20(16-25(29)32)26(18-5-3-2-4-6-18)19-10-13-30(14-11-19)27(33)21-7-8-23-22(15-21)28-24(31)17-34-23/h2-9,12,15-16,19,26H,10-11,13-14,17H2,1H3,(H,28,31)/t26-/m0/s1. The molecule has 1 atom stereocenters. The summed E-state index contributed by atoms with van der Waals surface area (Å²) in [6.45, 7) is 1.26. The van der Waals surface area contributed by atoms with Gasteiger partial charge in [-0.3, -0.25) is 14.4 Å². The van der Waals surface area contributed by atoms with E-state index in [1.165, 1.54) is 5.56 Å². The minimum Gasteiger partial charge on any atom is -0.482 e. The van der Waals surface area contributed by atoms with Crippen LogP contribution < -0.4 is 15.6 Å². The van der Waals surface area contributed by atoms with E-state index in [0.29, 0.717) is 36.0 Å². The van der Waals surface area contributed by atoms with Crippen molar-refractivity contribution in [2.75, 3.05) is 25.0 Å². The Labute approximate surface area is 198 Å². The van der Waals surface area contributed by atoms with E-state index in [9.17, 15) is 14.4 Å². The third kappa shape index (κ3) is 4.33. The number of nitrogens with one attached hydrogen (secondary N) is 1. The van der Waals surface area contributed by atoms with Crippen LogP contribution in [0.1, 0.15) is 40.2 Å². The average Bonchev–Trinajstić information content (AvgIpc) is 2.86. The lowest BCUT2D eigenvalue weighted by molar-refractivity contribution is -0.118. The van der Waals surface area contributed by atoms with Gasteiger partial charge in [-0.15, -0.1) is 0 Å². The number of ether oxygens (including phenoxy) is 1. The summed E-state index contributed by atoms with van der Waals surface area (Å²) < 4.78 is 6.98. The Hall–Kier alpha value is -3.87. The molecule has 0 unspecified atom stereocenters. The first-order valence-electron chi connectivity index (χ1n) is 11.6. The number of likely N-dealkylation sites (tertiary alicyclic amines) is 1. The van der Waals surface area contributed by atoms with E-state index in [1.54, 1.807) is 35.9 Å². The van der Waals surface area contributed by atoms with E-state index in [2.05, 4.69) is 17.4 Å². The number of aromatic nitrogens is 1. The number of anilines is 1. The average molecular weight is 458 g/mol. The molecule has 0 radical (unpaired) electrons. The van der Waals surface area contributed by atoms with Gasteiger partial charge in [0.05, 0.1) is 5.69 Å². The molecule has 1 N–H and O–H groups in total. The predicted octanol–water partition coefficient (Wildman–Crippen LogP) is 3.40. The Balaban J connectivity index is 1.34. The van der Waals surface area contributed by atoms with Crippen molar-refractivity contribution in [1.29, 1.82) is 0 Å². The number of amides is 2. The van der Waals surface area contributed by atoms with E-state index >= 15 is 0 Å². The maximum atomic E-state index is 13.2. The molecule has 174 valence electrons. The van der Waals surface area contributed by atoms with Crippen molar-refractivity contribution in [1.82, 2.24) is 9.47 Å². The first kappa shape index (κ1) is 21.9. The molecule has 1 aromatic heterocycles. The van der Waals surface area contributed by atoms with E-state index in [-0.39, 0.29) is 29.9 Å². The number of hydrogen-bond acceptors (Lipinski definition) is 4. The maximum absolute atomic E-state index is 13.2. The number of carbonyl (C=O) groups excluding carboxylic acids is 2. The van der Waals surface area contributed by atoms with Gasteiger partial charge >= 0.3 is 0 Å². The lowest BCUT2D eigenvalue weighted by Crippen LogP contribution is -2.40. The molecular weight excluding hydrogens is 430 g/mol. The van der Waals surface area contributed by atoms with Gasteiger partial charge in [0.1, 0.15) is 5.75 Å². The lowest BCUT2D eigenvalue weighted by atomic mass is 9.76. The molecule has 0 aliphatic carbocycles. The fourth-order valence-corrected chi connectivity index (χ4v) is 4.99. The van der Waals surface area contributed by atoms with Crippen molar-refractivity contribution in [3.05, 3.63) is 93.9 Å².